The summed E-state index contributed by atoms with van der Waals surface area (Å²) in [5.74, 6) is -1.46. The van der Waals surface area contributed by atoms with Crippen LogP contribution in [-0.2, 0) is 11.2 Å². The van der Waals surface area contributed by atoms with Crippen molar-refractivity contribution < 1.29 is 19.5 Å². The van der Waals surface area contributed by atoms with Crippen molar-refractivity contribution in [2.24, 2.45) is 0 Å². The highest BCUT2D eigenvalue weighted by molar-refractivity contribution is 5.95. The molecule has 128 valence electrons. The van der Waals surface area contributed by atoms with Gasteiger partial charge in [0.2, 0.25) is 5.91 Å². The molecule has 7 heteroatoms. The van der Waals surface area contributed by atoms with Crippen molar-refractivity contribution in [1.29, 1.82) is 0 Å². The standard InChI is InChI=1S/C18H17N3O4/c1-10(11-2-5-14-12(8-11)4-7-16(22)21-14)20-17(23)13-3-6-15(18(24)25)19-9-13/h2-3,5-6,8-10H,4,7H2,1H3,(H,20,23)(H,21,22)(H,24,25). The molecule has 0 saturated heterocycles. The molecule has 1 unspecified atom stereocenters. The molecule has 7 nitrogen and oxygen atoms in total. The molecular formula is C18H17N3O4. The van der Waals surface area contributed by atoms with E-state index in [0.717, 1.165) is 16.8 Å². The normalized spacial score (nSPS) is 14.2. The topological polar surface area (TPSA) is 108 Å². The van der Waals surface area contributed by atoms with Gasteiger partial charge in [0.05, 0.1) is 11.6 Å². The van der Waals surface area contributed by atoms with Gasteiger partial charge in [0.1, 0.15) is 5.69 Å². The van der Waals surface area contributed by atoms with Crippen LogP contribution in [0.15, 0.2) is 36.5 Å². The molecular weight excluding hydrogens is 322 g/mol. The van der Waals surface area contributed by atoms with Crippen LogP contribution in [0.2, 0.25) is 0 Å². The van der Waals surface area contributed by atoms with E-state index in [-0.39, 0.29) is 23.6 Å². The van der Waals surface area contributed by atoms with Crippen molar-refractivity contribution in [2.45, 2.75) is 25.8 Å². The molecule has 3 rings (SSSR count). The van der Waals surface area contributed by atoms with Gasteiger partial charge in [0.25, 0.3) is 5.91 Å². The van der Waals surface area contributed by atoms with Crippen molar-refractivity contribution in [3.8, 4) is 0 Å². The lowest BCUT2D eigenvalue weighted by molar-refractivity contribution is -0.116. The van der Waals surface area contributed by atoms with Gasteiger partial charge in [-0.15, -0.1) is 0 Å². The third-order valence-corrected chi connectivity index (χ3v) is 4.12. The van der Waals surface area contributed by atoms with Gasteiger partial charge < -0.3 is 15.7 Å². The molecule has 1 aromatic heterocycles. The number of carboxylic acids is 1. The molecule has 0 aliphatic carbocycles. The van der Waals surface area contributed by atoms with E-state index in [1.807, 2.05) is 25.1 Å². The quantitative estimate of drug-likeness (QED) is 0.791. The number of aryl methyl sites for hydroxylation is 1. The van der Waals surface area contributed by atoms with Gasteiger partial charge in [-0.1, -0.05) is 12.1 Å². The number of benzene rings is 1. The Balaban J connectivity index is 1.71. The molecule has 25 heavy (non-hydrogen) atoms. The maximum atomic E-state index is 12.3. The van der Waals surface area contributed by atoms with Gasteiger partial charge in [0.15, 0.2) is 0 Å². The maximum absolute atomic E-state index is 12.3. The molecule has 0 saturated carbocycles. The first-order chi connectivity index (χ1) is 11.9. The van der Waals surface area contributed by atoms with Crippen molar-refractivity contribution >= 4 is 23.5 Å². The van der Waals surface area contributed by atoms with Crippen molar-refractivity contribution in [1.82, 2.24) is 10.3 Å². The lowest BCUT2D eigenvalue weighted by atomic mass is 9.97. The second-order valence-electron chi connectivity index (χ2n) is 5.90. The molecule has 0 bridgehead atoms. The zero-order chi connectivity index (χ0) is 18.0. The number of aromatic nitrogens is 1. The monoisotopic (exact) mass is 339 g/mol. The Morgan fingerprint density at radius 2 is 2.04 bits per heavy atom. The third kappa shape index (κ3) is 3.65. The fourth-order valence-electron chi connectivity index (χ4n) is 2.69. The Labute approximate surface area is 144 Å². The van der Waals surface area contributed by atoms with Gasteiger partial charge in [-0.2, -0.15) is 0 Å². The number of carbonyl (C=O) groups excluding carboxylic acids is 2. The minimum Gasteiger partial charge on any atom is -0.477 e. The highest BCUT2D eigenvalue weighted by Gasteiger charge is 2.18. The Hall–Kier alpha value is -3.22. The number of fused-ring (bicyclic) bond motifs is 1. The van der Waals surface area contributed by atoms with Crippen LogP contribution >= 0.6 is 0 Å². The first-order valence-corrected chi connectivity index (χ1v) is 7.87. The highest BCUT2D eigenvalue weighted by Crippen LogP contribution is 2.26. The van der Waals surface area contributed by atoms with Crippen molar-refractivity contribution in [2.75, 3.05) is 5.32 Å². The predicted molar refractivity (Wildman–Crippen MR) is 90.5 cm³/mol. The Morgan fingerprint density at radius 1 is 1.24 bits per heavy atom. The SMILES string of the molecule is CC(NC(=O)c1ccc(C(=O)O)nc1)c1ccc2c(c1)CCC(=O)N2. The average molecular weight is 339 g/mol. The molecule has 0 fully saturated rings. The van der Waals surface area contributed by atoms with Gasteiger partial charge in [-0.3, -0.25) is 9.59 Å². The predicted octanol–water partition coefficient (Wildman–Crippen LogP) is 2.16. The van der Waals surface area contributed by atoms with E-state index in [1.165, 1.54) is 18.3 Å². The Bertz CT molecular complexity index is 846. The number of hydrogen-bond donors (Lipinski definition) is 3. The maximum Gasteiger partial charge on any atom is 0.354 e. The zero-order valence-electron chi connectivity index (χ0n) is 13.6. The minimum atomic E-state index is -1.14. The van der Waals surface area contributed by atoms with Crippen molar-refractivity contribution in [3.05, 3.63) is 58.9 Å². The number of nitrogens with one attached hydrogen (secondary N) is 2. The summed E-state index contributed by atoms with van der Waals surface area (Å²) < 4.78 is 0. The first kappa shape index (κ1) is 16.6. The molecule has 1 aliphatic heterocycles. The summed E-state index contributed by atoms with van der Waals surface area (Å²) in [7, 11) is 0. The fraction of sp³-hybridized carbons (Fsp3) is 0.222. The van der Waals surface area contributed by atoms with E-state index in [1.54, 1.807) is 0 Å². The molecule has 2 aromatic rings. The number of hydrogen-bond acceptors (Lipinski definition) is 4. The Morgan fingerprint density at radius 3 is 2.72 bits per heavy atom. The van der Waals surface area contributed by atoms with E-state index in [0.29, 0.717) is 18.4 Å². The number of rotatable bonds is 4. The van der Waals surface area contributed by atoms with E-state index in [4.69, 9.17) is 5.11 Å². The minimum absolute atomic E-state index is 0.0129. The largest absolute Gasteiger partial charge is 0.477 e. The van der Waals surface area contributed by atoms with Crippen LogP contribution in [0, 0.1) is 0 Å². The van der Waals surface area contributed by atoms with Crippen LogP contribution in [0.5, 0.6) is 0 Å². The van der Waals surface area contributed by atoms with Crippen LogP contribution in [0.25, 0.3) is 0 Å². The first-order valence-electron chi connectivity index (χ1n) is 7.87. The van der Waals surface area contributed by atoms with Crippen LogP contribution in [0.4, 0.5) is 5.69 Å². The second kappa shape index (κ2) is 6.72. The molecule has 1 atom stereocenters. The second-order valence-corrected chi connectivity index (χ2v) is 5.90. The van der Waals surface area contributed by atoms with Crippen LogP contribution in [0.1, 0.15) is 51.4 Å². The van der Waals surface area contributed by atoms with Crippen LogP contribution in [-0.4, -0.2) is 27.9 Å². The molecule has 2 heterocycles. The van der Waals surface area contributed by atoms with Gasteiger partial charge >= 0.3 is 5.97 Å². The molecule has 3 N–H and O–H groups in total. The lowest BCUT2D eigenvalue weighted by Crippen LogP contribution is -2.27. The third-order valence-electron chi connectivity index (χ3n) is 4.12. The van der Waals surface area contributed by atoms with Gasteiger partial charge in [0, 0.05) is 18.3 Å². The van der Waals surface area contributed by atoms with Gasteiger partial charge in [-0.05, 0) is 42.7 Å². The number of aromatic carboxylic acids is 1. The van der Waals surface area contributed by atoms with Crippen LogP contribution < -0.4 is 10.6 Å². The lowest BCUT2D eigenvalue weighted by Gasteiger charge is -2.20. The number of amides is 2. The number of nitrogens with zero attached hydrogens (tertiary/aromatic N) is 1. The number of anilines is 1. The number of carbonyl (C=O) groups is 3. The van der Waals surface area contributed by atoms with E-state index in [9.17, 15) is 14.4 Å². The highest BCUT2D eigenvalue weighted by atomic mass is 16.4. The zero-order valence-corrected chi connectivity index (χ0v) is 13.6. The molecule has 2 amide bonds. The van der Waals surface area contributed by atoms with E-state index < -0.39 is 5.97 Å². The number of carboxylic acid groups (broad SMARTS) is 1. The van der Waals surface area contributed by atoms with E-state index >= 15 is 0 Å². The summed E-state index contributed by atoms with van der Waals surface area (Å²) in [4.78, 5) is 38.2. The smallest absolute Gasteiger partial charge is 0.354 e. The number of pyridine rings is 1. The van der Waals surface area contributed by atoms with Gasteiger partial charge in [-0.25, -0.2) is 9.78 Å². The summed E-state index contributed by atoms with van der Waals surface area (Å²) >= 11 is 0. The van der Waals surface area contributed by atoms with Crippen LogP contribution in [0.3, 0.4) is 0 Å². The summed E-state index contributed by atoms with van der Waals surface area (Å²) in [5, 5.41) is 14.5. The molecule has 1 aliphatic rings. The molecule has 0 radical (unpaired) electrons. The molecule has 0 spiro atoms. The summed E-state index contributed by atoms with van der Waals surface area (Å²) in [6.45, 7) is 1.86. The van der Waals surface area contributed by atoms with E-state index in [2.05, 4.69) is 15.6 Å². The average Bonchev–Trinajstić information content (AvgIpc) is 2.61. The summed E-state index contributed by atoms with van der Waals surface area (Å²) in [6, 6.07) is 8.17. The fourth-order valence-corrected chi connectivity index (χ4v) is 2.69. The van der Waals surface area contributed by atoms with Crippen molar-refractivity contribution in [3.63, 3.8) is 0 Å². The molecule has 1 aromatic carbocycles. The summed E-state index contributed by atoms with van der Waals surface area (Å²) in [5.41, 5.74) is 2.97. The Kier molecular flexibility index (Phi) is 4.47. The summed E-state index contributed by atoms with van der Waals surface area (Å²) in [6.07, 6.45) is 2.38.